The van der Waals surface area contributed by atoms with Gasteiger partial charge in [0.1, 0.15) is 0 Å². The lowest BCUT2D eigenvalue weighted by atomic mass is 10.3. The smallest absolute Gasteiger partial charge is 0.179 e. The Labute approximate surface area is 42.4 Å². The molecule has 0 aromatic heterocycles. The molecule has 42 valence electrons. The first-order chi connectivity index (χ1) is 3.12. The number of rotatable bonds is 2. The second kappa shape index (κ2) is 1.99. The Morgan fingerprint density at radius 1 is 1.71 bits per heavy atom. The maximum atomic E-state index is 6.38. The van der Waals surface area contributed by atoms with Crippen molar-refractivity contribution in [3.05, 3.63) is 0 Å². The van der Waals surface area contributed by atoms with Crippen LogP contribution in [-0.4, -0.2) is 5.79 Å². The summed E-state index contributed by atoms with van der Waals surface area (Å²) in [6.07, 6.45) is 0.497. The van der Waals surface area contributed by atoms with Crippen LogP contribution in [0.3, 0.4) is 0 Å². The zero-order valence-electron chi connectivity index (χ0n) is 4.31. The van der Waals surface area contributed by atoms with E-state index in [1.165, 1.54) is 0 Å². The minimum Gasteiger partial charge on any atom is -0.293 e. The summed E-state index contributed by atoms with van der Waals surface area (Å²) in [4.78, 5) is 0. The lowest BCUT2D eigenvalue weighted by molar-refractivity contribution is 0.417. The van der Waals surface area contributed by atoms with Crippen LogP contribution in [0.1, 0.15) is 13.3 Å². The molecular formula is C3H10N4. The average molecular weight is 102 g/mol. The Kier molecular flexibility index (Phi) is 1.86. The normalized spacial score (nSPS) is 11.3. The maximum Gasteiger partial charge on any atom is 0.179 e. The molecule has 5 N–H and O–H groups in total. The number of hydrogen-bond acceptors (Lipinski definition) is 4. The molecule has 0 radical (unpaired) electrons. The molecule has 0 aliphatic rings. The maximum absolute atomic E-state index is 6.38. The van der Waals surface area contributed by atoms with E-state index in [1.54, 1.807) is 6.92 Å². The van der Waals surface area contributed by atoms with Gasteiger partial charge in [-0.2, -0.15) is 5.11 Å². The zero-order chi connectivity index (χ0) is 5.91. The van der Waals surface area contributed by atoms with Crippen molar-refractivity contribution in [2.75, 3.05) is 0 Å². The molecule has 0 fully saturated rings. The van der Waals surface area contributed by atoms with Gasteiger partial charge in [-0.1, -0.05) is 6.92 Å². The van der Waals surface area contributed by atoms with E-state index in [1.807, 2.05) is 0 Å². The van der Waals surface area contributed by atoms with Gasteiger partial charge in [0.05, 0.1) is 0 Å². The standard InChI is InChI=1S/C3H10N4/c1-2-3(4,5)7-6/h6H,2,4-5H2,1H3. The third kappa shape index (κ3) is 2.24. The predicted molar refractivity (Wildman–Crippen MR) is 26.5 cm³/mol. The van der Waals surface area contributed by atoms with Gasteiger partial charge < -0.3 is 0 Å². The van der Waals surface area contributed by atoms with E-state index >= 15 is 0 Å². The van der Waals surface area contributed by atoms with Gasteiger partial charge in [-0.05, 0) is 6.42 Å². The Balaban J connectivity index is 3.58. The summed E-state index contributed by atoms with van der Waals surface area (Å²) in [7, 11) is 0. The lowest BCUT2D eigenvalue weighted by Crippen LogP contribution is -2.46. The van der Waals surface area contributed by atoms with Crippen LogP contribution in [0.15, 0.2) is 5.11 Å². The molecule has 0 aliphatic heterocycles. The highest BCUT2D eigenvalue weighted by molar-refractivity contribution is 4.65. The number of hydrogen-bond donors (Lipinski definition) is 3. The average Bonchev–Trinajstić information content (AvgIpc) is 1.68. The predicted octanol–water partition coefficient (Wildman–Crippen LogP) is -0.00143. The first-order valence-corrected chi connectivity index (χ1v) is 2.09. The molecule has 0 aromatic rings. The molecule has 0 bridgehead atoms. The van der Waals surface area contributed by atoms with Gasteiger partial charge in [0.2, 0.25) is 0 Å². The molecule has 4 nitrogen and oxygen atoms in total. The summed E-state index contributed by atoms with van der Waals surface area (Å²) in [6.45, 7) is 1.78. The molecular weight excluding hydrogens is 92.1 g/mol. The van der Waals surface area contributed by atoms with Crippen molar-refractivity contribution in [1.82, 2.24) is 0 Å². The highest BCUT2D eigenvalue weighted by Gasteiger charge is 2.11. The van der Waals surface area contributed by atoms with Gasteiger partial charge >= 0.3 is 0 Å². The fraction of sp³-hybridized carbons (Fsp3) is 1.00. The minimum atomic E-state index is -1.12. The third-order valence-electron chi connectivity index (χ3n) is 0.775. The topological polar surface area (TPSA) is 88.2 Å². The Bertz CT molecular complexity index is 67.3. The highest BCUT2D eigenvalue weighted by Crippen LogP contribution is 1.95. The van der Waals surface area contributed by atoms with Crippen molar-refractivity contribution in [3.63, 3.8) is 0 Å². The first kappa shape index (κ1) is 6.52. The molecule has 0 amide bonds. The molecule has 0 heterocycles. The number of nitrogens with one attached hydrogen (secondary N) is 1. The van der Waals surface area contributed by atoms with Crippen LogP contribution in [0.4, 0.5) is 0 Å². The molecule has 0 aliphatic carbocycles. The van der Waals surface area contributed by atoms with Gasteiger partial charge in [-0.25, -0.2) is 5.53 Å². The van der Waals surface area contributed by atoms with E-state index < -0.39 is 5.79 Å². The van der Waals surface area contributed by atoms with Crippen molar-refractivity contribution in [2.24, 2.45) is 16.6 Å². The summed E-state index contributed by atoms with van der Waals surface area (Å²) in [5.74, 6) is -1.12. The molecule has 0 saturated carbocycles. The number of nitrogens with two attached hydrogens (primary N) is 2. The van der Waals surface area contributed by atoms with Crippen molar-refractivity contribution >= 4 is 0 Å². The van der Waals surface area contributed by atoms with Crippen molar-refractivity contribution in [3.8, 4) is 0 Å². The second-order valence-electron chi connectivity index (χ2n) is 1.46. The zero-order valence-corrected chi connectivity index (χ0v) is 4.31. The van der Waals surface area contributed by atoms with Gasteiger partial charge in [0.15, 0.2) is 5.79 Å². The molecule has 0 spiro atoms. The summed E-state index contributed by atoms with van der Waals surface area (Å²) in [5, 5.41) is 2.94. The van der Waals surface area contributed by atoms with Gasteiger partial charge in [0, 0.05) is 0 Å². The summed E-state index contributed by atoms with van der Waals surface area (Å²) in [6, 6.07) is 0. The van der Waals surface area contributed by atoms with Crippen molar-refractivity contribution in [1.29, 1.82) is 5.53 Å². The summed E-state index contributed by atoms with van der Waals surface area (Å²) in [5.41, 5.74) is 16.7. The minimum absolute atomic E-state index is 0.497. The summed E-state index contributed by atoms with van der Waals surface area (Å²) >= 11 is 0. The molecule has 0 unspecified atom stereocenters. The van der Waals surface area contributed by atoms with Crippen LogP contribution in [-0.2, 0) is 0 Å². The van der Waals surface area contributed by atoms with Gasteiger partial charge in [-0.15, -0.1) is 0 Å². The third-order valence-corrected chi connectivity index (χ3v) is 0.775. The van der Waals surface area contributed by atoms with Crippen LogP contribution in [0.2, 0.25) is 0 Å². The summed E-state index contributed by atoms with van der Waals surface area (Å²) < 4.78 is 0. The first-order valence-electron chi connectivity index (χ1n) is 2.09. The molecule has 7 heavy (non-hydrogen) atoms. The number of nitrogens with zero attached hydrogens (tertiary/aromatic N) is 1. The van der Waals surface area contributed by atoms with Crippen LogP contribution in [0.25, 0.3) is 0 Å². The quantitative estimate of drug-likeness (QED) is 0.338. The van der Waals surface area contributed by atoms with E-state index in [0.717, 1.165) is 0 Å². The van der Waals surface area contributed by atoms with Crippen LogP contribution in [0, 0.1) is 5.53 Å². The Hall–Kier alpha value is -0.480. The van der Waals surface area contributed by atoms with Crippen molar-refractivity contribution < 1.29 is 0 Å². The fourth-order valence-corrected chi connectivity index (χ4v) is 0.0791. The molecule has 0 saturated heterocycles. The monoisotopic (exact) mass is 102 g/mol. The molecule has 0 aromatic carbocycles. The van der Waals surface area contributed by atoms with E-state index in [9.17, 15) is 0 Å². The highest BCUT2D eigenvalue weighted by atomic mass is 15.2. The van der Waals surface area contributed by atoms with Crippen LogP contribution < -0.4 is 11.5 Å². The molecule has 4 heteroatoms. The second-order valence-corrected chi connectivity index (χ2v) is 1.46. The van der Waals surface area contributed by atoms with Crippen LogP contribution >= 0.6 is 0 Å². The molecule has 0 atom stereocenters. The van der Waals surface area contributed by atoms with E-state index in [4.69, 9.17) is 17.0 Å². The Morgan fingerprint density at radius 2 is 2.14 bits per heavy atom. The van der Waals surface area contributed by atoms with Crippen LogP contribution in [0.5, 0.6) is 0 Å². The Morgan fingerprint density at radius 3 is 2.14 bits per heavy atom. The molecule has 0 rings (SSSR count). The van der Waals surface area contributed by atoms with E-state index in [-0.39, 0.29) is 0 Å². The SMILES string of the molecule is CCC(N)(N)N=N. The largest absolute Gasteiger partial charge is 0.293 e. The van der Waals surface area contributed by atoms with Gasteiger partial charge in [0.25, 0.3) is 0 Å². The van der Waals surface area contributed by atoms with E-state index in [2.05, 4.69) is 5.11 Å². The van der Waals surface area contributed by atoms with E-state index in [0.29, 0.717) is 6.42 Å². The van der Waals surface area contributed by atoms with Gasteiger partial charge in [-0.3, -0.25) is 11.5 Å². The fourth-order valence-electron chi connectivity index (χ4n) is 0.0791. The lowest BCUT2D eigenvalue weighted by Gasteiger charge is -2.12. The van der Waals surface area contributed by atoms with Crippen molar-refractivity contribution in [2.45, 2.75) is 19.1 Å².